The molecule has 0 fully saturated rings. The quantitative estimate of drug-likeness (QED) is 0.311. The van der Waals surface area contributed by atoms with Crippen molar-refractivity contribution in [3.63, 3.8) is 0 Å². The number of ether oxygens (including phenoxy) is 2. The molecule has 33 heavy (non-hydrogen) atoms. The number of fused-ring (bicyclic) bond motifs is 1. The molecule has 0 saturated carbocycles. The molecular formula is C26H35NO5S. The SMILES string of the molecule is COc1ccc(S(=O)(=O)n2cc(CCCCCCCCCCO)c3cc(OC)ccc32)cc1. The van der Waals surface area contributed by atoms with Gasteiger partial charge in [0, 0.05) is 18.2 Å². The fraction of sp³-hybridized carbons (Fsp3) is 0.462. The van der Waals surface area contributed by atoms with Gasteiger partial charge in [-0.1, -0.05) is 38.5 Å². The Morgan fingerprint density at radius 3 is 1.97 bits per heavy atom. The summed E-state index contributed by atoms with van der Waals surface area (Å²) in [5, 5.41) is 9.75. The second kappa shape index (κ2) is 12.1. The van der Waals surface area contributed by atoms with Crippen LogP contribution in [0, 0.1) is 0 Å². The van der Waals surface area contributed by atoms with E-state index >= 15 is 0 Å². The molecule has 0 radical (unpaired) electrons. The predicted octanol–water partition coefficient (Wildman–Crippen LogP) is 5.55. The highest BCUT2D eigenvalue weighted by atomic mass is 32.2. The summed E-state index contributed by atoms with van der Waals surface area (Å²) in [5.74, 6) is 1.33. The summed E-state index contributed by atoms with van der Waals surface area (Å²) in [6.45, 7) is 0.284. The van der Waals surface area contributed by atoms with Crippen molar-refractivity contribution in [1.29, 1.82) is 0 Å². The molecule has 0 aliphatic carbocycles. The van der Waals surface area contributed by atoms with Crippen LogP contribution in [0.5, 0.6) is 11.5 Å². The first-order valence-corrected chi connectivity index (χ1v) is 13.1. The number of benzene rings is 2. The Morgan fingerprint density at radius 2 is 1.36 bits per heavy atom. The van der Waals surface area contributed by atoms with Crippen LogP contribution in [0.25, 0.3) is 10.9 Å². The van der Waals surface area contributed by atoms with E-state index in [0.29, 0.717) is 17.0 Å². The van der Waals surface area contributed by atoms with Gasteiger partial charge in [-0.2, -0.15) is 0 Å². The number of aliphatic hydroxyl groups excluding tert-OH is 1. The van der Waals surface area contributed by atoms with E-state index in [0.717, 1.165) is 43.1 Å². The molecule has 0 aliphatic heterocycles. The molecule has 1 N–H and O–H groups in total. The normalized spacial score (nSPS) is 11.7. The van der Waals surface area contributed by atoms with E-state index < -0.39 is 10.0 Å². The lowest BCUT2D eigenvalue weighted by Crippen LogP contribution is -2.11. The predicted molar refractivity (Wildman–Crippen MR) is 132 cm³/mol. The zero-order valence-corrected chi connectivity index (χ0v) is 20.4. The van der Waals surface area contributed by atoms with Gasteiger partial charge in [-0.3, -0.25) is 0 Å². The second-order valence-corrected chi connectivity index (χ2v) is 10.1. The van der Waals surface area contributed by atoms with Crippen molar-refractivity contribution in [2.24, 2.45) is 0 Å². The highest BCUT2D eigenvalue weighted by Gasteiger charge is 2.21. The summed E-state index contributed by atoms with van der Waals surface area (Å²) in [5.41, 5.74) is 1.68. The summed E-state index contributed by atoms with van der Waals surface area (Å²) >= 11 is 0. The molecule has 3 rings (SSSR count). The zero-order chi connectivity index (χ0) is 23.7. The Kier molecular flexibility index (Phi) is 9.21. The molecule has 0 unspecified atom stereocenters. The highest BCUT2D eigenvalue weighted by Crippen LogP contribution is 2.31. The van der Waals surface area contributed by atoms with E-state index in [2.05, 4.69) is 0 Å². The van der Waals surface area contributed by atoms with Gasteiger partial charge in [0.2, 0.25) is 0 Å². The van der Waals surface area contributed by atoms with Crippen LogP contribution >= 0.6 is 0 Å². The van der Waals surface area contributed by atoms with Crippen LogP contribution in [-0.4, -0.2) is 38.3 Å². The van der Waals surface area contributed by atoms with Gasteiger partial charge >= 0.3 is 0 Å². The van der Waals surface area contributed by atoms with E-state index in [9.17, 15) is 8.42 Å². The number of unbranched alkanes of at least 4 members (excludes halogenated alkanes) is 7. The standard InChI is InChI=1S/C26H35NO5S/c1-31-22-12-15-24(16-13-22)33(29,30)27-20-21(25-19-23(32-2)14-17-26(25)27)11-9-7-5-3-4-6-8-10-18-28/h12-17,19-20,28H,3-11,18H2,1-2H3. The lowest BCUT2D eigenvalue weighted by Gasteiger charge is -2.09. The minimum atomic E-state index is -3.74. The second-order valence-electron chi connectivity index (χ2n) is 8.32. The van der Waals surface area contributed by atoms with Crippen LogP contribution in [-0.2, 0) is 16.4 Å². The van der Waals surface area contributed by atoms with Crippen LogP contribution in [0.1, 0.15) is 56.9 Å². The van der Waals surface area contributed by atoms with Crippen molar-refractivity contribution in [3.05, 3.63) is 54.2 Å². The van der Waals surface area contributed by atoms with Gasteiger partial charge < -0.3 is 14.6 Å². The summed E-state index contributed by atoms with van der Waals surface area (Å²) in [6, 6.07) is 12.0. The monoisotopic (exact) mass is 473 g/mol. The van der Waals surface area contributed by atoms with E-state index in [1.54, 1.807) is 50.7 Å². The molecule has 0 spiro atoms. The number of rotatable bonds is 14. The Balaban J connectivity index is 1.75. The molecule has 7 heteroatoms. The van der Waals surface area contributed by atoms with Gasteiger partial charge in [0.15, 0.2) is 0 Å². The topological polar surface area (TPSA) is 77.8 Å². The van der Waals surface area contributed by atoms with Crippen molar-refractivity contribution in [2.45, 2.75) is 62.7 Å². The lowest BCUT2D eigenvalue weighted by atomic mass is 10.0. The average Bonchev–Trinajstić information content (AvgIpc) is 3.21. The molecule has 0 saturated heterocycles. The number of hydrogen-bond donors (Lipinski definition) is 1. The van der Waals surface area contributed by atoms with Gasteiger partial charge in [0.1, 0.15) is 11.5 Å². The van der Waals surface area contributed by atoms with E-state index in [-0.39, 0.29) is 11.5 Å². The largest absolute Gasteiger partial charge is 0.497 e. The van der Waals surface area contributed by atoms with Crippen LogP contribution in [0.4, 0.5) is 0 Å². The van der Waals surface area contributed by atoms with E-state index in [1.807, 2.05) is 12.1 Å². The van der Waals surface area contributed by atoms with Gasteiger partial charge in [0.25, 0.3) is 10.0 Å². The number of hydrogen-bond acceptors (Lipinski definition) is 5. The third kappa shape index (κ3) is 6.30. The minimum Gasteiger partial charge on any atom is -0.497 e. The van der Waals surface area contributed by atoms with E-state index in [1.165, 1.54) is 29.7 Å². The first-order valence-electron chi connectivity index (χ1n) is 11.7. The molecule has 1 heterocycles. The van der Waals surface area contributed by atoms with Crippen LogP contribution < -0.4 is 9.47 Å². The maximum absolute atomic E-state index is 13.4. The summed E-state index contributed by atoms with van der Waals surface area (Å²) < 4.78 is 38.8. The fourth-order valence-corrected chi connectivity index (χ4v) is 5.51. The van der Waals surface area contributed by atoms with Crippen molar-refractivity contribution in [1.82, 2.24) is 3.97 Å². The van der Waals surface area contributed by atoms with Crippen molar-refractivity contribution in [3.8, 4) is 11.5 Å². The maximum Gasteiger partial charge on any atom is 0.268 e. The number of methoxy groups -OCH3 is 2. The van der Waals surface area contributed by atoms with Crippen molar-refractivity contribution in [2.75, 3.05) is 20.8 Å². The minimum absolute atomic E-state index is 0.226. The van der Waals surface area contributed by atoms with Crippen molar-refractivity contribution >= 4 is 20.9 Å². The van der Waals surface area contributed by atoms with Gasteiger partial charge in [0.05, 0.1) is 24.6 Å². The smallest absolute Gasteiger partial charge is 0.268 e. The number of aliphatic hydroxyl groups is 1. The maximum atomic E-state index is 13.4. The molecule has 1 aromatic heterocycles. The summed E-state index contributed by atoms with van der Waals surface area (Å²) in [6.07, 6.45) is 11.5. The first-order chi connectivity index (χ1) is 16.0. The van der Waals surface area contributed by atoms with Gasteiger partial charge in [-0.25, -0.2) is 12.4 Å². The number of aryl methyl sites for hydroxylation is 1. The third-order valence-corrected chi connectivity index (χ3v) is 7.72. The van der Waals surface area contributed by atoms with Crippen molar-refractivity contribution < 1.29 is 23.0 Å². The molecule has 3 aromatic rings. The van der Waals surface area contributed by atoms with Crippen LogP contribution in [0.15, 0.2) is 53.6 Å². The number of nitrogens with zero attached hydrogens (tertiary/aromatic N) is 1. The molecule has 180 valence electrons. The molecular weight excluding hydrogens is 438 g/mol. The molecule has 0 amide bonds. The highest BCUT2D eigenvalue weighted by molar-refractivity contribution is 7.90. The fourth-order valence-electron chi connectivity index (χ4n) is 4.12. The summed E-state index contributed by atoms with van der Waals surface area (Å²) in [7, 11) is -0.564. The zero-order valence-electron chi connectivity index (χ0n) is 19.6. The number of aromatic nitrogens is 1. The van der Waals surface area contributed by atoms with Gasteiger partial charge in [-0.15, -0.1) is 0 Å². The third-order valence-electron chi connectivity index (χ3n) is 6.03. The van der Waals surface area contributed by atoms with Crippen LogP contribution in [0.3, 0.4) is 0 Å². The Hall–Kier alpha value is -2.51. The van der Waals surface area contributed by atoms with E-state index in [4.69, 9.17) is 14.6 Å². The summed E-state index contributed by atoms with van der Waals surface area (Å²) in [4.78, 5) is 0.226. The molecule has 0 aliphatic rings. The van der Waals surface area contributed by atoms with Gasteiger partial charge in [-0.05, 0) is 67.3 Å². The average molecular weight is 474 g/mol. The van der Waals surface area contributed by atoms with Crippen LogP contribution in [0.2, 0.25) is 0 Å². The molecule has 6 nitrogen and oxygen atoms in total. The lowest BCUT2D eigenvalue weighted by molar-refractivity contribution is 0.282. The Bertz CT molecular complexity index is 1120. The Labute approximate surface area is 197 Å². The molecule has 2 aromatic carbocycles. The Morgan fingerprint density at radius 1 is 0.788 bits per heavy atom. The molecule has 0 atom stereocenters. The molecule has 0 bridgehead atoms. The first kappa shape index (κ1) is 25.1.